The van der Waals surface area contributed by atoms with Crippen LogP contribution in [0.3, 0.4) is 0 Å². The zero-order chi connectivity index (χ0) is 22.4. The molecule has 1 saturated heterocycles. The number of carbonyl (C=O) groups is 2. The highest BCUT2D eigenvalue weighted by Gasteiger charge is 2.26. The lowest BCUT2D eigenvalue weighted by Gasteiger charge is -2.34. The Morgan fingerprint density at radius 1 is 1.00 bits per heavy atom. The van der Waals surface area contributed by atoms with Crippen molar-refractivity contribution in [1.29, 1.82) is 0 Å². The van der Waals surface area contributed by atoms with E-state index in [1.165, 1.54) is 7.11 Å². The van der Waals surface area contributed by atoms with Gasteiger partial charge in [-0.3, -0.25) is 19.2 Å². The first-order valence-corrected chi connectivity index (χ1v) is 10.1. The van der Waals surface area contributed by atoms with E-state index in [4.69, 9.17) is 14.2 Å². The molecule has 10 heteroatoms. The number of aryl methyl sites for hydroxylation is 1. The molecule has 2 amide bonds. The lowest BCUT2D eigenvalue weighted by Crippen LogP contribution is -2.50. The number of ether oxygens (including phenoxy) is 3. The number of nitrogens with zero attached hydrogens (tertiary/aromatic N) is 4. The lowest BCUT2D eigenvalue weighted by atomic mass is 10.2. The van der Waals surface area contributed by atoms with Gasteiger partial charge in [-0.1, -0.05) is 0 Å². The summed E-state index contributed by atoms with van der Waals surface area (Å²) in [4.78, 5) is 29.3. The first-order chi connectivity index (χ1) is 14.9. The number of benzene rings is 1. The molecule has 2 aromatic rings. The van der Waals surface area contributed by atoms with Gasteiger partial charge >= 0.3 is 0 Å². The van der Waals surface area contributed by atoms with Gasteiger partial charge < -0.3 is 24.4 Å². The SMILES string of the molecule is COc1cc(OC)cc(C(=O)NCCN2CCN(C(=O)c3cn(C)nc3OC)CC2)c1. The molecule has 2 heterocycles. The van der Waals surface area contributed by atoms with Crippen molar-refractivity contribution in [3.05, 3.63) is 35.5 Å². The minimum atomic E-state index is -0.185. The quantitative estimate of drug-likeness (QED) is 0.655. The number of methoxy groups -OCH3 is 3. The van der Waals surface area contributed by atoms with Gasteiger partial charge in [0, 0.05) is 64.1 Å². The van der Waals surface area contributed by atoms with Crippen LogP contribution < -0.4 is 19.5 Å². The van der Waals surface area contributed by atoms with E-state index < -0.39 is 0 Å². The summed E-state index contributed by atoms with van der Waals surface area (Å²) in [5, 5.41) is 7.07. The normalized spacial score (nSPS) is 14.3. The van der Waals surface area contributed by atoms with Crippen LogP contribution >= 0.6 is 0 Å². The maximum Gasteiger partial charge on any atom is 0.261 e. The monoisotopic (exact) mass is 431 g/mol. The molecule has 0 aliphatic carbocycles. The van der Waals surface area contributed by atoms with Gasteiger partial charge in [-0.25, -0.2) is 0 Å². The second-order valence-electron chi connectivity index (χ2n) is 7.22. The predicted molar refractivity (Wildman–Crippen MR) is 114 cm³/mol. The average molecular weight is 431 g/mol. The van der Waals surface area contributed by atoms with Crippen molar-refractivity contribution < 1.29 is 23.8 Å². The summed E-state index contributed by atoms with van der Waals surface area (Å²) >= 11 is 0. The number of amides is 2. The van der Waals surface area contributed by atoms with Crippen LogP contribution in [0.2, 0.25) is 0 Å². The molecule has 1 aromatic heterocycles. The number of piperazine rings is 1. The molecule has 0 radical (unpaired) electrons. The summed E-state index contributed by atoms with van der Waals surface area (Å²) in [5.41, 5.74) is 0.955. The Bertz CT molecular complexity index is 899. The zero-order valence-electron chi connectivity index (χ0n) is 18.4. The fourth-order valence-corrected chi connectivity index (χ4v) is 3.48. The smallest absolute Gasteiger partial charge is 0.261 e. The highest BCUT2D eigenvalue weighted by molar-refractivity contribution is 5.96. The molecule has 0 saturated carbocycles. The third-order valence-electron chi connectivity index (χ3n) is 5.21. The Hall–Kier alpha value is -3.27. The Morgan fingerprint density at radius 2 is 1.65 bits per heavy atom. The molecule has 0 atom stereocenters. The third-order valence-corrected chi connectivity index (χ3v) is 5.21. The molecule has 3 rings (SSSR count). The molecule has 31 heavy (non-hydrogen) atoms. The van der Waals surface area contributed by atoms with Gasteiger partial charge in [-0.2, -0.15) is 0 Å². The summed E-state index contributed by atoms with van der Waals surface area (Å²) in [7, 11) is 6.36. The van der Waals surface area contributed by atoms with Gasteiger partial charge in [-0.05, 0) is 12.1 Å². The highest BCUT2D eigenvalue weighted by Crippen LogP contribution is 2.22. The van der Waals surface area contributed by atoms with E-state index in [1.807, 2.05) is 0 Å². The van der Waals surface area contributed by atoms with Crippen LogP contribution in [0.25, 0.3) is 0 Å². The van der Waals surface area contributed by atoms with E-state index in [0.29, 0.717) is 54.7 Å². The van der Waals surface area contributed by atoms with E-state index in [1.54, 1.807) is 55.2 Å². The van der Waals surface area contributed by atoms with Gasteiger partial charge in [0.15, 0.2) is 0 Å². The summed E-state index contributed by atoms with van der Waals surface area (Å²) < 4.78 is 17.2. The molecule has 1 aliphatic rings. The standard InChI is InChI=1S/C21H29N5O5/c1-24-14-18(20(23-24)31-4)21(28)26-9-7-25(8-10-26)6-5-22-19(27)15-11-16(29-2)13-17(12-15)30-3/h11-14H,5-10H2,1-4H3,(H,22,27). The first kappa shape index (κ1) is 22.4. The van der Waals surface area contributed by atoms with Crippen LogP contribution in [-0.2, 0) is 7.05 Å². The van der Waals surface area contributed by atoms with Crippen molar-refractivity contribution in [3.8, 4) is 17.4 Å². The topological polar surface area (TPSA) is 98.2 Å². The number of rotatable bonds is 8. The maximum atomic E-state index is 12.8. The van der Waals surface area contributed by atoms with Gasteiger partial charge in [0.05, 0.1) is 21.3 Å². The van der Waals surface area contributed by atoms with Crippen molar-refractivity contribution >= 4 is 11.8 Å². The second kappa shape index (κ2) is 10.2. The summed E-state index contributed by atoms with van der Waals surface area (Å²) in [6.07, 6.45) is 1.68. The fourth-order valence-electron chi connectivity index (χ4n) is 3.48. The maximum absolute atomic E-state index is 12.8. The molecular weight excluding hydrogens is 402 g/mol. The van der Waals surface area contributed by atoms with Crippen LogP contribution in [0.5, 0.6) is 17.4 Å². The van der Waals surface area contributed by atoms with E-state index in [0.717, 1.165) is 13.1 Å². The van der Waals surface area contributed by atoms with Crippen LogP contribution in [0.1, 0.15) is 20.7 Å². The molecule has 168 valence electrons. The molecular formula is C21H29N5O5. The Kier molecular flexibility index (Phi) is 7.35. The van der Waals surface area contributed by atoms with Crippen LogP contribution in [0, 0.1) is 0 Å². The third kappa shape index (κ3) is 5.46. The molecule has 0 bridgehead atoms. The van der Waals surface area contributed by atoms with Crippen LogP contribution in [0.4, 0.5) is 0 Å². The van der Waals surface area contributed by atoms with Gasteiger partial charge in [0.1, 0.15) is 17.1 Å². The van der Waals surface area contributed by atoms with Crippen molar-refractivity contribution in [2.45, 2.75) is 0 Å². The van der Waals surface area contributed by atoms with E-state index in [2.05, 4.69) is 15.3 Å². The minimum absolute atomic E-state index is 0.0788. The number of nitrogens with one attached hydrogen (secondary N) is 1. The van der Waals surface area contributed by atoms with Crippen molar-refractivity contribution in [1.82, 2.24) is 24.9 Å². The predicted octanol–water partition coefficient (Wildman–Crippen LogP) is 0.634. The molecule has 1 fully saturated rings. The molecule has 1 N–H and O–H groups in total. The number of hydrogen-bond acceptors (Lipinski definition) is 7. The molecule has 0 spiro atoms. The van der Waals surface area contributed by atoms with E-state index >= 15 is 0 Å². The molecule has 1 aliphatic heterocycles. The molecule has 10 nitrogen and oxygen atoms in total. The van der Waals surface area contributed by atoms with E-state index in [9.17, 15) is 9.59 Å². The molecule has 0 unspecified atom stereocenters. The van der Waals surface area contributed by atoms with Crippen molar-refractivity contribution in [2.24, 2.45) is 7.05 Å². The molecule has 1 aromatic carbocycles. The van der Waals surface area contributed by atoms with Crippen LogP contribution in [-0.4, -0.2) is 92.0 Å². The Morgan fingerprint density at radius 3 is 2.23 bits per heavy atom. The summed E-state index contributed by atoms with van der Waals surface area (Å²) in [6, 6.07) is 5.07. The fraction of sp³-hybridized carbons (Fsp3) is 0.476. The van der Waals surface area contributed by atoms with Gasteiger partial charge in [0.2, 0.25) is 5.88 Å². The zero-order valence-corrected chi connectivity index (χ0v) is 18.4. The number of carbonyl (C=O) groups excluding carboxylic acids is 2. The number of hydrogen-bond donors (Lipinski definition) is 1. The first-order valence-electron chi connectivity index (χ1n) is 10.1. The minimum Gasteiger partial charge on any atom is -0.497 e. The summed E-state index contributed by atoms with van der Waals surface area (Å²) in [6.45, 7) is 3.89. The second-order valence-corrected chi connectivity index (χ2v) is 7.22. The number of aromatic nitrogens is 2. The van der Waals surface area contributed by atoms with Gasteiger partial charge in [-0.15, -0.1) is 5.10 Å². The van der Waals surface area contributed by atoms with Gasteiger partial charge in [0.25, 0.3) is 11.8 Å². The summed E-state index contributed by atoms with van der Waals surface area (Å²) in [5.74, 6) is 1.21. The Labute approximate surface area is 181 Å². The van der Waals surface area contributed by atoms with Crippen LogP contribution in [0.15, 0.2) is 24.4 Å². The van der Waals surface area contributed by atoms with Crippen molar-refractivity contribution in [3.63, 3.8) is 0 Å². The average Bonchev–Trinajstić information content (AvgIpc) is 3.19. The Balaban J connectivity index is 1.46. The highest BCUT2D eigenvalue weighted by atomic mass is 16.5. The van der Waals surface area contributed by atoms with Crippen molar-refractivity contribution in [2.75, 3.05) is 60.6 Å². The lowest BCUT2D eigenvalue weighted by molar-refractivity contribution is 0.0634. The largest absolute Gasteiger partial charge is 0.497 e. The van der Waals surface area contributed by atoms with E-state index in [-0.39, 0.29) is 11.8 Å².